The second kappa shape index (κ2) is 4.71. The van der Waals surface area contributed by atoms with Crippen LogP contribution in [-0.2, 0) is 0 Å². The van der Waals surface area contributed by atoms with Crippen molar-refractivity contribution < 1.29 is 5.11 Å². The summed E-state index contributed by atoms with van der Waals surface area (Å²) in [5.74, 6) is 0.238. The summed E-state index contributed by atoms with van der Waals surface area (Å²) >= 11 is 0. The van der Waals surface area contributed by atoms with Gasteiger partial charge in [0.2, 0.25) is 0 Å². The Morgan fingerprint density at radius 3 is 2.68 bits per heavy atom. The first-order valence-corrected chi connectivity index (χ1v) is 6.20. The Bertz CT molecular complexity index is 717. The van der Waals surface area contributed by atoms with E-state index in [1.807, 2.05) is 36.4 Å². The second-order valence-corrected chi connectivity index (χ2v) is 4.53. The van der Waals surface area contributed by atoms with Gasteiger partial charge >= 0.3 is 0 Å². The molecule has 0 amide bonds. The highest BCUT2D eigenvalue weighted by Crippen LogP contribution is 2.24. The summed E-state index contributed by atoms with van der Waals surface area (Å²) in [5.41, 5.74) is 1.78. The van der Waals surface area contributed by atoms with Crippen LogP contribution in [0, 0.1) is 11.3 Å². The smallest absolute Gasteiger partial charge is 0.124 e. The molecule has 0 spiro atoms. The van der Waals surface area contributed by atoms with Gasteiger partial charge in [0.05, 0.1) is 17.1 Å². The molecular weight excluding hydrogens is 238 g/mol. The molecule has 4 nitrogen and oxygen atoms in total. The van der Waals surface area contributed by atoms with Gasteiger partial charge in [0.25, 0.3) is 0 Å². The Morgan fingerprint density at radius 2 is 2.00 bits per heavy atom. The molecule has 2 N–H and O–H groups in total. The maximum absolute atomic E-state index is 9.10. The van der Waals surface area contributed by atoms with Crippen molar-refractivity contribution in [2.75, 3.05) is 6.61 Å². The molecule has 1 aromatic heterocycles. The highest BCUT2D eigenvalue weighted by Gasteiger charge is 2.14. The molecule has 0 aliphatic heterocycles. The monoisotopic (exact) mass is 251 g/mol. The van der Waals surface area contributed by atoms with Gasteiger partial charge in [-0.1, -0.05) is 24.3 Å². The van der Waals surface area contributed by atoms with Crippen LogP contribution in [0.15, 0.2) is 36.4 Å². The zero-order valence-electron chi connectivity index (χ0n) is 10.3. The first-order chi connectivity index (χ1) is 9.31. The van der Waals surface area contributed by atoms with Crippen molar-refractivity contribution in [1.82, 2.24) is 9.97 Å². The number of H-pyrrole nitrogens is 1. The number of benzene rings is 2. The average Bonchev–Trinajstić information content (AvgIpc) is 2.84. The average molecular weight is 251 g/mol. The molecule has 3 rings (SSSR count). The SMILES string of the molecule is N#CC(CCO)c1nc2cc3ccccc3cc2[nH]1. The van der Waals surface area contributed by atoms with E-state index in [1.165, 1.54) is 0 Å². The van der Waals surface area contributed by atoms with Crippen molar-refractivity contribution in [2.45, 2.75) is 12.3 Å². The summed E-state index contributed by atoms with van der Waals surface area (Å²) in [5, 5.41) is 20.3. The minimum Gasteiger partial charge on any atom is -0.396 e. The number of rotatable bonds is 3. The Kier molecular flexibility index (Phi) is 2.90. The lowest BCUT2D eigenvalue weighted by atomic mass is 10.1. The number of fused-ring (bicyclic) bond motifs is 2. The number of nitriles is 1. The molecule has 0 radical (unpaired) electrons. The van der Waals surface area contributed by atoms with Crippen molar-refractivity contribution >= 4 is 21.8 Å². The molecule has 19 heavy (non-hydrogen) atoms. The maximum atomic E-state index is 9.10. The van der Waals surface area contributed by atoms with Crippen LogP contribution in [0.1, 0.15) is 18.2 Å². The van der Waals surface area contributed by atoms with E-state index in [0.717, 1.165) is 21.8 Å². The van der Waals surface area contributed by atoms with E-state index >= 15 is 0 Å². The summed E-state index contributed by atoms with van der Waals surface area (Å²) in [6.45, 7) is -0.0166. The Morgan fingerprint density at radius 1 is 1.26 bits per heavy atom. The third-order valence-electron chi connectivity index (χ3n) is 3.27. The van der Waals surface area contributed by atoms with Crippen LogP contribution in [0.2, 0.25) is 0 Å². The van der Waals surface area contributed by atoms with Gasteiger partial charge in [-0.15, -0.1) is 0 Å². The lowest BCUT2D eigenvalue weighted by molar-refractivity contribution is 0.282. The molecule has 1 atom stereocenters. The molecule has 4 heteroatoms. The second-order valence-electron chi connectivity index (χ2n) is 4.53. The van der Waals surface area contributed by atoms with Crippen LogP contribution in [0.25, 0.3) is 21.8 Å². The Balaban J connectivity index is 2.14. The van der Waals surface area contributed by atoms with Crippen molar-refractivity contribution in [3.8, 4) is 6.07 Å². The number of hydrogen-bond acceptors (Lipinski definition) is 3. The lowest BCUT2D eigenvalue weighted by Crippen LogP contribution is -2.00. The van der Waals surface area contributed by atoms with Gasteiger partial charge in [-0.3, -0.25) is 0 Å². The molecule has 0 bridgehead atoms. The van der Waals surface area contributed by atoms with Crippen LogP contribution in [0.4, 0.5) is 0 Å². The summed E-state index contributed by atoms with van der Waals surface area (Å²) in [4.78, 5) is 7.64. The fourth-order valence-corrected chi connectivity index (χ4v) is 2.27. The zero-order valence-corrected chi connectivity index (χ0v) is 10.3. The number of aromatic amines is 1. The first kappa shape index (κ1) is 11.7. The van der Waals surface area contributed by atoms with Crippen molar-refractivity contribution in [1.29, 1.82) is 5.26 Å². The molecule has 2 aromatic carbocycles. The van der Waals surface area contributed by atoms with Crippen molar-refractivity contribution in [3.05, 3.63) is 42.2 Å². The number of nitrogens with one attached hydrogen (secondary N) is 1. The molecule has 0 fully saturated rings. The normalized spacial score (nSPS) is 12.6. The van der Waals surface area contributed by atoms with E-state index in [1.54, 1.807) is 0 Å². The minimum atomic E-state index is -0.388. The van der Waals surface area contributed by atoms with Gasteiger partial charge in [-0.05, 0) is 29.3 Å². The van der Waals surface area contributed by atoms with Gasteiger partial charge in [0.1, 0.15) is 11.7 Å². The fourth-order valence-electron chi connectivity index (χ4n) is 2.27. The first-order valence-electron chi connectivity index (χ1n) is 6.20. The van der Waals surface area contributed by atoms with Crippen LogP contribution in [0.3, 0.4) is 0 Å². The molecule has 0 saturated carbocycles. The summed E-state index contributed by atoms with van der Waals surface area (Å²) in [6.07, 6.45) is 0.399. The highest BCUT2D eigenvalue weighted by molar-refractivity contribution is 5.95. The number of nitrogens with zero attached hydrogens (tertiary/aromatic N) is 2. The minimum absolute atomic E-state index is 0.0166. The van der Waals surface area contributed by atoms with Crippen molar-refractivity contribution in [3.63, 3.8) is 0 Å². The topological polar surface area (TPSA) is 72.7 Å². The van der Waals surface area contributed by atoms with E-state index in [4.69, 9.17) is 10.4 Å². The Hall–Kier alpha value is -2.38. The van der Waals surface area contributed by atoms with E-state index in [2.05, 4.69) is 16.0 Å². The highest BCUT2D eigenvalue weighted by atomic mass is 16.3. The molecule has 1 unspecified atom stereocenters. The van der Waals surface area contributed by atoms with E-state index in [9.17, 15) is 0 Å². The Labute approximate surface area is 110 Å². The molecule has 0 aliphatic rings. The maximum Gasteiger partial charge on any atom is 0.124 e. The van der Waals surface area contributed by atoms with Gasteiger partial charge < -0.3 is 10.1 Å². The molecule has 0 aliphatic carbocycles. The molecular formula is C15H13N3O. The van der Waals surface area contributed by atoms with Crippen LogP contribution < -0.4 is 0 Å². The van der Waals surface area contributed by atoms with E-state index in [-0.39, 0.29) is 12.5 Å². The summed E-state index contributed by atoms with van der Waals surface area (Å²) < 4.78 is 0. The molecule has 0 saturated heterocycles. The standard InChI is InChI=1S/C15H13N3O/c16-9-12(5-6-19)15-17-13-7-10-3-1-2-4-11(10)8-14(13)18-15/h1-4,7-8,12,19H,5-6H2,(H,17,18). The van der Waals surface area contributed by atoms with Crippen LogP contribution in [-0.4, -0.2) is 21.7 Å². The number of aliphatic hydroxyl groups is 1. The zero-order chi connectivity index (χ0) is 13.2. The largest absolute Gasteiger partial charge is 0.396 e. The third kappa shape index (κ3) is 2.05. The number of hydrogen-bond donors (Lipinski definition) is 2. The summed E-state index contributed by atoms with van der Waals surface area (Å²) in [6, 6.07) is 14.3. The van der Waals surface area contributed by atoms with Gasteiger partial charge in [-0.25, -0.2) is 4.98 Å². The number of aromatic nitrogens is 2. The lowest BCUT2D eigenvalue weighted by Gasteiger charge is -2.01. The van der Waals surface area contributed by atoms with Crippen LogP contribution >= 0.6 is 0 Å². The molecule has 3 aromatic rings. The summed E-state index contributed by atoms with van der Waals surface area (Å²) in [7, 11) is 0. The van der Waals surface area contributed by atoms with E-state index < -0.39 is 0 Å². The predicted octanol–water partition coefficient (Wildman–Crippen LogP) is 2.71. The van der Waals surface area contributed by atoms with Gasteiger partial charge in [0.15, 0.2) is 0 Å². The molecule has 1 heterocycles. The fraction of sp³-hybridized carbons (Fsp3) is 0.200. The van der Waals surface area contributed by atoms with Crippen LogP contribution in [0.5, 0.6) is 0 Å². The quantitative estimate of drug-likeness (QED) is 0.751. The number of imidazole rings is 1. The predicted molar refractivity (Wildman–Crippen MR) is 73.7 cm³/mol. The van der Waals surface area contributed by atoms with Gasteiger partial charge in [0, 0.05) is 6.61 Å². The number of aliphatic hydroxyl groups excluding tert-OH is 1. The van der Waals surface area contributed by atoms with E-state index in [0.29, 0.717) is 12.2 Å². The molecule has 94 valence electrons. The third-order valence-corrected chi connectivity index (χ3v) is 3.27. The van der Waals surface area contributed by atoms with Crippen molar-refractivity contribution in [2.24, 2.45) is 0 Å². The van der Waals surface area contributed by atoms with Gasteiger partial charge in [-0.2, -0.15) is 5.26 Å².